The van der Waals surface area contributed by atoms with Gasteiger partial charge in [-0.25, -0.2) is 14.8 Å². The lowest BCUT2D eigenvalue weighted by atomic mass is 10.1. The van der Waals surface area contributed by atoms with Crippen molar-refractivity contribution in [2.45, 2.75) is 6.54 Å². The number of anilines is 3. The molecule has 0 radical (unpaired) electrons. The first-order valence-corrected chi connectivity index (χ1v) is 13.0. The first-order valence-electron chi connectivity index (χ1n) is 12.2. The number of ether oxygens (including phenoxy) is 1. The number of hydrogen-bond donors (Lipinski definition) is 2. The molecule has 3 aromatic carbocycles. The number of benzene rings is 3. The zero-order valence-corrected chi connectivity index (χ0v) is 22.7. The standard InChI is InChI=1S/C29H26Cl2N6O2/c1-39-16-15-37(18-20-5-7-22(30)8-6-20)28-27-32-13-14-36(27)19-26(35-28)21-3-2-4-25(17-21)34-29(38)33-24-11-9-23(31)10-12-24/h2-14,17,19H,15-16,18H2,1H3,(H2,33,34,38). The van der Waals surface area contributed by atoms with Crippen LogP contribution in [0.3, 0.4) is 0 Å². The lowest BCUT2D eigenvalue weighted by Gasteiger charge is -2.24. The molecule has 2 N–H and O–H groups in total. The van der Waals surface area contributed by atoms with Gasteiger partial charge in [-0.2, -0.15) is 0 Å². The Morgan fingerprint density at radius 3 is 2.44 bits per heavy atom. The van der Waals surface area contributed by atoms with E-state index < -0.39 is 0 Å². The molecule has 0 unspecified atom stereocenters. The predicted octanol–water partition coefficient (Wildman–Crippen LogP) is 7.00. The van der Waals surface area contributed by atoms with Gasteiger partial charge in [-0.1, -0.05) is 47.5 Å². The highest BCUT2D eigenvalue weighted by Crippen LogP contribution is 2.27. The van der Waals surface area contributed by atoms with Crippen LogP contribution >= 0.6 is 23.2 Å². The fourth-order valence-corrected chi connectivity index (χ4v) is 4.37. The van der Waals surface area contributed by atoms with Crippen LogP contribution in [0.25, 0.3) is 16.9 Å². The Morgan fingerprint density at radius 1 is 0.974 bits per heavy atom. The lowest BCUT2D eigenvalue weighted by molar-refractivity contribution is 0.205. The molecular formula is C29H26Cl2N6O2. The van der Waals surface area contributed by atoms with Gasteiger partial charge in [0.25, 0.3) is 0 Å². The molecule has 39 heavy (non-hydrogen) atoms. The first kappa shape index (κ1) is 26.5. The van der Waals surface area contributed by atoms with Crippen LogP contribution in [0.2, 0.25) is 10.0 Å². The summed E-state index contributed by atoms with van der Waals surface area (Å²) in [6.07, 6.45) is 5.57. The van der Waals surface area contributed by atoms with Gasteiger partial charge < -0.3 is 24.7 Å². The number of carbonyl (C=O) groups is 1. The molecule has 5 aromatic rings. The van der Waals surface area contributed by atoms with E-state index in [4.69, 9.17) is 32.9 Å². The van der Waals surface area contributed by atoms with Crippen LogP contribution < -0.4 is 15.5 Å². The summed E-state index contributed by atoms with van der Waals surface area (Å²) in [4.78, 5) is 24.3. The van der Waals surface area contributed by atoms with Gasteiger partial charge in [-0.3, -0.25) is 0 Å². The number of aromatic nitrogens is 3. The maximum Gasteiger partial charge on any atom is 0.323 e. The Hall–Kier alpha value is -4.11. The number of hydrogen-bond acceptors (Lipinski definition) is 5. The van der Waals surface area contributed by atoms with E-state index in [0.717, 1.165) is 28.3 Å². The van der Waals surface area contributed by atoms with Gasteiger partial charge in [0.05, 0.1) is 12.3 Å². The van der Waals surface area contributed by atoms with Crippen LogP contribution in [0.1, 0.15) is 5.56 Å². The minimum Gasteiger partial charge on any atom is -0.383 e. The minimum absolute atomic E-state index is 0.359. The molecule has 2 heterocycles. The topological polar surface area (TPSA) is 83.8 Å². The number of nitrogens with one attached hydrogen (secondary N) is 2. The van der Waals surface area contributed by atoms with E-state index in [1.807, 2.05) is 65.3 Å². The Morgan fingerprint density at radius 2 is 1.69 bits per heavy atom. The Bertz CT molecular complexity index is 1570. The van der Waals surface area contributed by atoms with Crippen LogP contribution in [0, 0.1) is 0 Å². The molecule has 5 rings (SSSR count). The van der Waals surface area contributed by atoms with Crippen LogP contribution in [-0.4, -0.2) is 40.7 Å². The highest BCUT2D eigenvalue weighted by molar-refractivity contribution is 6.30. The van der Waals surface area contributed by atoms with Crippen molar-refractivity contribution >= 4 is 52.1 Å². The van der Waals surface area contributed by atoms with E-state index in [-0.39, 0.29) is 6.03 Å². The average Bonchev–Trinajstić information content (AvgIpc) is 3.42. The summed E-state index contributed by atoms with van der Waals surface area (Å²) in [5, 5.41) is 6.98. The summed E-state index contributed by atoms with van der Waals surface area (Å²) in [7, 11) is 1.68. The van der Waals surface area contributed by atoms with E-state index in [2.05, 4.69) is 20.5 Å². The number of nitrogens with zero attached hydrogens (tertiary/aromatic N) is 4. The molecule has 0 aliphatic heterocycles. The molecule has 10 heteroatoms. The lowest BCUT2D eigenvalue weighted by Crippen LogP contribution is -2.28. The van der Waals surface area contributed by atoms with Gasteiger partial charge in [-0.05, 0) is 54.1 Å². The fourth-order valence-electron chi connectivity index (χ4n) is 4.12. The highest BCUT2D eigenvalue weighted by Gasteiger charge is 2.17. The number of imidazole rings is 1. The number of carbonyl (C=O) groups excluding carboxylic acids is 1. The van der Waals surface area contributed by atoms with Crippen LogP contribution in [0.5, 0.6) is 0 Å². The molecule has 198 valence electrons. The zero-order chi connectivity index (χ0) is 27.2. The maximum absolute atomic E-state index is 12.6. The molecule has 0 bridgehead atoms. The van der Waals surface area contributed by atoms with Crippen molar-refractivity contribution in [2.75, 3.05) is 35.8 Å². The van der Waals surface area contributed by atoms with Crippen LogP contribution in [0.4, 0.5) is 22.0 Å². The van der Waals surface area contributed by atoms with Crippen LogP contribution in [-0.2, 0) is 11.3 Å². The number of fused-ring (bicyclic) bond motifs is 1. The van der Waals surface area contributed by atoms with E-state index in [9.17, 15) is 4.79 Å². The molecule has 0 saturated carbocycles. The Labute approximate surface area is 236 Å². The molecule has 2 amide bonds. The average molecular weight is 561 g/mol. The molecule has 0 atom stereocenters. The van der Waals surface area contributed by atoms with Gasteiger partial charge in [0.2, 0.25) is 0 Å². The Kier molecular flexibility index (Phi) is 8.27. The fraction of sp³-hybridized carbons (Fsp3) is 0.138. The SMILES string of the molecule is COCCN(Cc1ccc(Cl)cc1)c1nc(-c2cccc(NC(=O)Nc3ccc(Cl)cc3)c2)cn2ccnc12. The molecule has 0 aliphatic carbocycles. The van der Waals surface area contributed by atoms with Gasteiger partial charge in [0, 0.05) is 65.8 Å². The number of methoxy groups -OCH3 is 1. The van der Waals surface area contributed by atoms with E-state index >= 15 is 0 Å². The first-order chi connectivity index (χ1) is 19.0. The monoisotopic (exact) mass is 560 g/mol. The summed E-state index contributed by atoms with van der Waals surface area (Å²) in [6.45, 7) is 1.74. The molecule has 0 spiro atoms. The second-order valence-corrected chi connectivity index (χ2v) is 9.69. The summed E-state index contributed by atoms with van der Waals surface area (Å²) < 4.78 is 7.34. The number of rotatable bonds is 9. The smallest absolute Gasteiger partial charge is 0.323 e. The van der Waals surface area contributed by atoms with E-state index in [1.54, 1.807) is 37.6 Å². The Balaban J connectivity index is 1.43. The quantitative estimate of drug-likeness (QED) is 0.203. The summed E-state index contributed by atoms with van der Waals surface area (Å²) in [5.74, 6) is 0.725. The third-order valence-electron chi connectivity index (χ3n) is 6.03. The third-order valence-corrected chi connectivity index (χ3v) is 6.53. The summed E-state index contributed by atoms with van der Waals surface area (Å²) >= 11 is 12.0. The molecule has 0 aliphatic rings. The van der Waals surface area contributed by atoms with Crippen molar-refractivity contribution in [3.05, 3.63) is 107 Å². The van der Waals surface area contributed by atoms with Crippen molar-refractivity contribution in [2.24, 2.45) is 0 Å². The molecule has 0 saturated heterocycles. The van der Waals surface area contributed by atoms with Gasteiger partial charge in [0.1, 0.15) is 0 Å². The highest BCUT2D eigenvalue weighted by atomic mass is 35.5. The van der Waals surface area contributed by atoms with Crippen molar-refractivity contribution in [1.82, 2.24) is 14.4 Å². The van der Waals surface area contributed by atoms with Gasteiger partial charge in [-0.15, -0.1) is 0 Å². The summed E-state index contributed by atoms with van der Waals surface area (Å²) in [6, 6.07) is 21.9. The molecule has 8 nitrogen and oxygen atoms in total. The molecular weight excluding hydrogens is 535 g/mol. The number of urea groups is 1. The minimum atomic E-state index is -0.359. The van der Waals surface area contributed by atoms with Crippen molar-refractivity contribution in [3.63, 3.8) is 0 Å². The normalized spacial score (nSPS) is 10.9. The number of halogens is 2. The van der Waals surface area contributed by atoms with Crippen molar-refractivity contribution in [3.8, 4) is 11.3 Å². The van der Waals surface area contributed by atoms with Crippen molar-refractivity contribution in [1.29, 1.82) is 0 Å². The third kappa shape index (κ3) is 6.67. The van der Waals surface area contributed by atoms with Gasteiger partial charge in [0.15, 0.2) is 11.5 Å². The molecule has 0 fully saturated rings. The van der Waals surface area contributed by atoms with E-state index in [1.165, 1.54) is 0 Å². The second-order valence-electron chi connectivity index (χ2n) is 8.82. The maximum atomic E-state index is 12.6. The summed E-state index contributed by atoms with van der Waals surface area (Å²) in [5.41, 5.74) is 4.67. The predicted molar refractivity (Wildman–Crippen MR) is 157 cm³/mol. The van der Waals surface area contributed by atoms with Crippen LogP contribution in [0.15, 0.2) is 91.4 Å². The van der Waals surface area contributed by atoms with E-state index in [0.29, 0.717) is 41.1 Å². The largest absolute Gasteiger partial charge is 0.383 e. The second kappa shape index (κ2) is 12.2. The number of amides is 2. The van der Waals surface area contributed by atoms with Crippen molar-refractivity contribution < 1.29 is 9.53 Å². The van der Waals surface area contributed by atoms with Gasteiger partial charge >= 0.3 is 6.03 Å². The molecule has 2 aromatic heterocycles. The zero-order valence-electron chi connectivity index (χ0n) is 21.1.